The largest absolute Gasteiger partial charge is 0.505 e. The third-order valence-electron chi connectivity index (χ3n) is 2.46. The van der Waals surface area contributed by atoms with E-state index in [-0.39, 0.29) is 0 Å². The van der Waals surface area contributed by atoms with E-state index in [1.165, 1.54) is 0 Å². The molecule has 0 rings (SSSR count). The molecule has 0 aromatic carbocycles. The average molecular weight is 298 g/mol. The first-order valence-corrected chi connectivity index (χ1v) is 10.0. The Hall–Kier alpha value is 0.194. The molecule has 0 saturated heterocycles. The molecular formula is C10H26O6Si2. The van der Waals surface area contributed by atoms with Crippen LogP contribution in [0.15, 0.2) is 0 Å². The van der Waals surface area contributed by atoms with Gasteiger partial charge in [0.15, 0.2) is 0 Å². The lowest BCUT2D eigenvalue weighted by Crippen LogP contribution is -2.57. The minimum atomic E-state index is -2.81. The van der Waals surface area contributed by atoms with E-state index in [2.05, 4.69) is 0 Å². The van der Waals surface area contributed by atoms with E-state index in [0.29, 0.717) is 25.5 Å². The maximum Gasteiger partial charge on any atom is 0.505 e. The van der Waals surface area contributed by atoms with Gasteiger partial charge < -0.3 is 26.6 Å². The molecule has 0 saturated carbocycles. The molecule has 0 N–H and O–H groups in total. The molecule has 0 atom stereocenters. The zero-order valence-corrected chi connectivity index (χ0v) is 14.3. The molecule has 0 aliphatic rings. The van der Waals surface area contributed by atoms with Crippen molar-refractivity contribution in [3.05, 3.63) is 0 Å². The van der Waals surface area contributed by atoms with Gasteiger partial charge in [0.2, 0.25) is 0 Å². The van der Waals surface area contributed by atoms with Crippen molar-refractivity contribution in [2.45, 2.75) is 26.4 Å². The summed E-state index contributed by atoms with van der Waals surface area (Å²) in [4.78, 5) is 0. The maximum atomic E-state index is 5.76. The van der Waals surface area contributed by atoms with Gasteiger partial charge in [0.25, 0.3) is 0 Å². The molecule has 0 fully saturated rings. The molecule has 0 aromatic heterocycles. The topological polar surface area (TPSA) is 55.4 Å². The summed E-state index contributed by atoms with van der Waals surface area (Å²) in [6.07, 6.45) is 0. The molecule has 8 heteroatoms. The quantitative estimate of drug-likeness (QED) is 0.538. The SMILES string of the molecule is CCO[Si](C[Si](OC)(OC)OC)(OCC)OCC. The lowest BCUT2D eigenvalue weighted by molar-refractivity contribution is 0.0624. The highest BCUT2D eigenvalue weighted by molar-refractivity contribution is 6.80. The van der Waals surface area contributed by atoms with E-state index in [1.54, 1.807) is 21.3 Å². The van der Waals surface area contributed by atoms with E-state index < -0.39 is 17.6 Å². The predicted molar refractivity (Wildman–Crippen MR) is 72.2 cm³/mol. The van der Waals surface area contributed by atoms with Gasteiger partial charge in [-0.1, -0.05) is 0 Å². The Morgan fingerprint density at radius 2 is 0.944 bits per heavy atom. The van der Waals surface area contributed by atoms with Crippen LogP contribution in [-0.4, -0.2) is 58.8 Å². The fraction of sp³-hybridized carbons (Fsp3) is 1.00. The molecule has 0 aliphatic carbocycles. The summed E-state index contributed by atoms with van der Waals surface area (Å²) in [7, 11) is -0.870. The van der Waals surface area contributed by atoms with Crippen molar-refractivity contribution >= 4 is 17.6 Å². The second kappa shape index (κ2) is 9.15. The van der Waals surface area contributed by atoms with Gasteiger partial charge >= 0.3 is 17.6 Å². The van der Waals surface area contributed by atoms with Crippen molar-refractivity contribution in [3.63, 3.8) is 0 Å². The van der Waals surface area contributed by atoms with Crippen LogP contribution in [0.1, 0.15) is 20.8 Å². The van der Waals surface area contributed by atoms with Crippen molar-refractivity contribution in [3.8, 4) is 0 Å². The molecule has 0 spiro atoms. The van der Waals surface area contributed by atoms with Gasteiger partial charge in [-0.05, 0) is 20.8 Å². The summed E-state index contributed by atoms with van der Waals surface area (Å²) >= 11 is 0. The second-order valence-electron chi connectivity index (χ2n) is 3.45. The molecular weight excluding hydrogens is 272 g/mol. The molecule has 0 aliphatic heterocycles. The van der Waals surface area contributed by atoms with E-state index in [0.717, 1.165) is 0 Å². The van der Waals surface area contributed by atoms with Crippen LogP contribution in [0.2, 0.25) is 5.67 Å². The fourth-order valence-electron chi connectivity index (χ4n) is 1.67. The first-order valence-electron chi connectivity index (χ1n) is 6.14. The van der Waals surface area contributed by atoms with Crippen molar-refractivity contribution in [2.75, 3.05) is 41.2 Å². The summed E-state index contributed by atoms with van der Waals surface area (Å²) in [6, 6.07) is 0. The highest BCUT2D eigenvalue weighted by Gasteiger charge is 2.54. The van der Waals surface area contributed by atoms with Crippen LogP contribution in [0.5, 0.6) is 0 Å². The Kier molecular flexibility index (Phi) is 9.25. The van der Waals surface area contributed by atoms with Gasteiger partial charge in [-0.3, -0.25) is 0 Å². The summed E-state index contributed by atoms with van der Waals surface area (Å²) in [5, 5.41) is 0. The van der Waals surface area contributed by atoms with Crippen LogP contribution in [0.3, 0.4) is 0 Å². The smallest absolute Gasteiger partial charge is 0.377 e. The van der Waals surface area contributed by atoms with Crippen LogP contribution in [0.4, 0.5) is 0 Å². The van der Waals surface area contributed by atoms with Crippen molar-refractivity contribution in [2.24, 2.45) is 0 Å². The molecule has 0 heterocycles. The van der Waals surface area contributed by atoms with Crippen LogP contribution in [-0.2, 0) is 26.6 Å². The zero-order chi connectivity index (χ0) is 14.1. The van der Waals surface area contributed by atoms with E-state index in [4.69, 9.17) is 26.6 Å². The van der Waals surface area contributed by atoms with Crippen LogP contribution in [0.25, 0.3) is 0 Å². The Morgan fingerprint density at radius 3 is 1.17 bits per heavy atom. The lowest BCUT2D eigenvalue weighted by atomic mass is 10.9. The summed E-state index contributed by atoms with van der Waals surface area (Å²) in [5.74, 6) is 0. The zero-order valence-electron chi connectivity index (χ0n) is 12.3. The fourth-order valence-corrected chi connectivity index (χ4v) is 8.82. The Bertz CT molecular complexity index is 187. The summed E-state index contributed by atoms with van der Waals surface area (Å²) in [6.45, 7) is 7.30. The Labute approximate surface area is 112 Å². The predicted octanol–water partition coefficient (Wildman–Crippen LogP) is 1.45. The van der Waals surface area contributed by atoms with Crippen molar-refractivity contribution < 1.29 is 26.6 Å². The minimum Gasteiger partial charge on any atom is -0.377 e. The Balaban J connectivity index is 5.02. The number of hydrogen-bond donors (Lipinski definition) is 0. The maximum absolute atomic E-state index is 5.76. The standard InChI is InChI=1S/C10H26O6Si2/c1-7-14-18(15-8-2,16-9-3)10-17(11-4,12-5)13-6/h7-10H2,1-6H3. The number of hydrogen-bond acceptors (Lipinski definition) is 6. The van der Waals surface area contributed by atoms with Gasteiger partial charge in [-0.15, -0.1) is 0 Å². The molecule has 0 bridgehead atoms. The minimum absolute atomic E-state index is 0.416. The van der Waals surface area contributed by atoms with E-state index in [1.807, 2.05) is 20.8 Å². The average Bonchev–Trinajstić information content (AvgIpc) is 2.37. The van der Waals surface area contributed by atoms with Gasteiger partial charge in [-0.2, -0.15) is 0 Å². The summed E-state index contributed by atoms with van der Waals surface area (Å²) < 4.78 is 33.5. The van der Waals surface area contributed by atoms with Crippen LogP contribution >= 0.6 is 0 Å². The van der Waals surface area contributed by atoms with Crippen molar-refractivity contribution in [1.29, 1.82) is 0 Å². The van der Waals surface area contributed by atoms with Gasteiger partial charge in [0.05, 0.1) is 5.67 Å². The monoisotopic (exact) mass is 298 g/mol. The normalized spacial score (nSPS) is 13.0. The van der Waals surface area contributed by atoms with E-state index >= 15 is 0 Å². The first kappa shape index (κ1) is 18.2. The third kappa shape index (κ3) is 5.06. The highest BCUT2D eigenvalue weighted by Crippen LogP contribution is 2.25. The lowest BCUT2D eigenvalue weighted by Gasteiger charge is -2.34. The van der Waals surface area contributed by atoms with Gasteiger partial charge in [-0.25, -0.2) is 0 Å². The molecule has 0 radical (unpaired) electrons. The highest BCUT2D eigenvalue weighted by atomic mass is 28.5. The molecule has 18 heavy (non-hydrogen) atoms. The van der Waals surface area contributed by atoms with E-state index in [9.17, 15) is 0 Å². The van der Waals surface area contributed by atoms with Gasteiger partial charge in [0, 0.05) is 41.2 Å². The molecule has 6 nitrogen and oxygen atoms in total. The van der Waals surface area contributed by atoms with Crippen LogP contribution in [0, 0.1) is 0 Å². The molecule has 0 aromatic rings. The van der Waals surface area contributed by atoms with Crippen LogP contribution < -0.4 is 0 Å². The van der Waals surface area contributed by atoms with Gasteiger partial charge in [0.1, 0.15) is 0 Å². The molecule has 0 amide bonds. The first-order chi connectivity index (χ1) is 8.57. The molecule has 0 unspecified atom stereocenters. The van der Waals surface area contributed by atoms with Crippen molar-refractivity contribution in [1.82, 2.24) is 0 Å². The summed E-state index contributed by atoms with van der Waals surface area (Å²) in [5.41, 5.74) is 0.416. The number of rotatable bonds is 11. The Morgan fingerprint density at radius 1 is 0.611 bits per heavy atom. The second-order valence-corrected chi connectivity index (χ2v) is 9.69. The third-order valence-corrected chi connectivity index (χ3v) is 9.97. The molecule has 110 valence electrons.